The summed E-state index contributed by atoms with van der Waals surface area (Å²) in [6.45, 7) is 7.73. The van der Waals surface area contributed by atoms with E-state index in [4.69, 9.17) is 10.5 Å². The highest BCUT2D eigenvalue weighted by Crippen LogP contribution is 2.42. The van der Waals surface area contributed by atoms with Gasteiger partial charge in [-0.1, -0.05) is 26.8 Å². The van der Waals surface area contributed by atoms with Gasteiger partial charge in [-0.15, -0.1) is 0 Å². The first kappa shape index (κ1) is 16.2. The van der Waals surface area contributed by atoms with Crippen molar-refractivity contribution >= 4 is 5.69 Å². The minimum atomic E-state index is 0.0358. The smallest absolute Gasteiger partial charge is 0.120 e. The first-order valence-electron chi connectivity index (χ1n) is 8.01. The first-order valence-corrected chi connectivity index (χ1v) is 8.01. The van der Waals surface area contributed by atoms with Gasteiger partial charge in [0.05, 0.1) is 7.11 Å². The van der Waals surface area contributed by atoms with Crippen molar-refractivity contribution in [1.29, 1.82) is 0 Å². The molecule has 1 fully saturated rings. The third kappa shape index (κ3) is 3.91. The summed E-state index contributed by atoms with van der Waals surface area (Å²) in [7, 11) is 1.70. The quantitative estimate of drug-likeness (QED) is 0.879. The van der Waals surface area contributed by atoms with E-state index in [1.165, 1.54) is 12.8 Å². The Kier molecular flexibility index (Phi) is 4.82. The summed E-state index contributed by atoms with van der Waals surface area (Å²) < 4.78 is 5.30. The third-order valence-corrected chi connectivity index (χ3v) is 5.04. The Morgan fingerprint density at radius 3 is 2.48 bits per heavy atom. The molecule has 0 saturated heterocycles. The molecule has 1 aromatic rings. The molecule has 2 rings (SSSR count). The van der Waals surface area contributed by atoms with E-state index in [-0.39, 0.29) is 5.54 Å². The molecule has 21 heavy (non-hydrogen) atoms. The number of anilines is 1. The number of nitrogens with one attached hydrogen (secondary N) is 1. The lowest BCUT2D eigenvalue weighted by Gasteiger charge is -2.44. The molecule has 1 saturated carbocycles. The predicted molar refractivity (Wildman–Crippen MR) is 89.8 cm³/mol. The highest BCUT2D eigenvalue weighted by atomic mass is 16.5. The maximum Gasteiger partial charge on any atom is 0.120 e. The number of benzene rings is 1. The summed E-state index contributed by atoms with van der Waals surface area (Å²) in [5, 5.41) is 3.69. The summed E-state index contributed by atoms with van der Waals surface area (Å²) in [6.07, 6.45) is 4.78. The minimum absolute atomic E-state index is 0.0358. The van der Waals surface area contributed by atoms with E-state index < -0.39 is 0 Å². The van der Waals surface area contributed by atoms with Crippen LogP contribution in [-0.2, 0) is 0 Å². The van der Waals surface area contributed by atoms with Crippen molar-refractivity contribution in [1.82, 2.24) is 0 Å². The van der Waals surface area contributed by atoms with E-state index in [0.29, 0.717) is 12.0 Å². The van der Waals surface area contributed by atoms with E-state index in [9.17, 15) is 0 Å². The van der Waals surface area contributed by atoms with Gasteiger partial charge in [-0.25, -0.2) is 0 Å². The number of nitrogens with two attached hydrogens (primary N) is 1. The molecule has 0 spiro atoms. The molecule has 0 bridgehead atoms. The Morgan fingerprint density at radius 2 is 1.95 bits per heavy atom. The maximum atomic E-state index is 6.12. The van der Waals surface area contributed by atoms with Gasteiger partial charge in [0.1, 0.15) is 5.75 Å². The molecule has 1 aliphatic rings. The molecule has 3 heteroatoms. The Morgan fingerprint density at radius 1 is 1.29 bits per heavy atom. The summed E-state index contributed by atoms with van der Waals surface area (Å²) in [4.78, 5) is 0. The summed E-state index contributed by atoms with van der Waals surface area (Å²) in [5.74, 6) is 1.68. The van der Waals surface area contributed by atoms with Crippen LogP contribution in [0.2, 0.25) is 0 Å². The molecule has 0 aliphatic heterocycles. The molecule has 0 aromatic heterocycles. The lowest BCUT2D eigenvalue weighted by Crippen LogP contribution is -2.49. The van der Waals surface area contributed by atoms with Gasteiger partial charge >= 0.3 is 0 Å². The zero-order chi connectivity index (χ0) is 15.5. The Balaban J connectivity index is 2.06. The van der Waals surface area contributed by atoms with E-state index in [1.807, 2.05) is 18.2 Å². The van der Waals surface area contributed by atoms with E-state index in [0.717, 1.165) is 30.2 Å². The van der Waals surface area contributed by atoms with Gasteiger partial charge in [0.15, 0.2) is 0 Å². The maximum absolute atomic E-state index is 6.12. The van der Waals surface area contributed by atoms with Crippen LogP contribution in [0.3, 0.4) is 0 Å². The van der Waals surface area contributed by atoms with E-state index in [1.54, 1.807) is 7.11 Å². The lowest BCUT2D eigenvalue weighted by atomic mass is 9.67. The average molecular weight is 290 g/mol. The zero-order valence-electron chi connectivity index (χ0n) is 13.9. The molecule has 3 N–H and O–H groups in total. The summed E-state index contributed by atoms with van der Waals surface area (Å²) in [6, 6.07) is 8.13. The van der Waals surface area contributed by atoms with Crippen LogP contribution in [0.5, 0.6) is 5.75 Å². The van der Waals surface area contributed by atoms with Gasteiger partial charge in [0.2, 0.25) is 0 Å². The van der Waals surface area contributed by atoms with Gasteiger partial charge in [-0.3, -0.25) is 0 Å². The standard InChI is InChI=1S/C18H30N2O/c1-17(2,3)14-8-10-18(13-19,11-9-14)20-15-6-5-7-16(12-15)21-4/h5-7,12,14,20H,8-11,13,19H2,1-4H3. The van der Waals surface area contributed by atoms with Gasteiger partial charge in [-0.2, -0.15) is 0 Å². The Bertz CT molecular complexity index is 457. The predicted octanol–water partition coefficient (Wildman–Crippen LogP) is 4.04. The fraction of sp³-hybridized carbons (Fsp3) is 0.667. The van der Waals surface area contributed by atoms with Crippen molar-refractivity contribution < 1.29 is 4.74 Å². The SMILES string of the molecule is COc1cccc(NC2(CN)CCC(C(C)(C)C)CC2)c1. The van der Waals surface area contributed by atoms with E-state index in [2.05, 4.69) is 32.2 Å². The van der Waals surface area contributed by atoms with Crippen LogP contribution in [-0.4, -0.2) is 19.2 Å². The van der Waals surface area contributed by atoms with Crippen LogP contribution in [0, 0.1) is 11.3 Å². The number of ether oxygens (including phenoxy) is 1. The number of hydrogen-bond acceptors (Lipinski definition) is 3. The normalized spacial score (nSPS) is 26.4. The molecule has 0 heterocycles. The second-order valence-electron chi connectivity index (χ2n) is 7.48. The highest BCUT2D eigenvalue weighted by Gasteiger charge is 2.37. The van der Waals surface area contributed by atoms with Gasteiger partial charge < -0.3 is 15.8 Å². The van der Waals surface area contributed by atoms with Crippen molar-refractivity contribution in [3.63, 3.8) is 0 Å². The monoisotopic (exact) mass is 290 g/mol. The highest BCUT2D eigenvalue weighted by molar-refractivity contribution is 5.50. The lowest BCUT2D eigenvalue weighted by molar-refractivity contribution is 0.145. The molecular weight excluding hydrogens is 260 g/mol. The molecule has 0 atom stereocenters. The summed E-state index contributed by atoms with van der Waals surface area (Å²) >= 11 is 0. The van der Waals surface area contributed by atoms with Gasteiger partial charge in [0, 0.05) is 23.8 Å². The second-order valence-corrected chi connectivity index (χ2v) is 7.48. The summed E-state index contributed by atoms with van der Waals surface area (Å²) in [5.41, 5.74) is 7.66. The third-order valence-electron chi connectivity index (χ3n) is 5.04. The van der Waals surface area contributed by atoms with Crippen molar-refractivity contribution in [2.75, 3.05) is 19.0 Å². The molecule has 3 nitrogen and oxygen atoms in total. The number of rotatable bonds is 4. The Hall–Kier alpha value is -1.22. The van der Waals surface area contributed by atoms with Crippen molar-refractivity contribution in [3.8, 4) is 5.75 Å². The molecule has 0 radical (unpaired) electrons. The number of methoxy groups -OCH3 is 1. The van der Waals surface area contributed by atoms with E-state index >= 15 is 0 Å². The fourth-order valence-corrected chi connectivity index (χ4v) is 3.42. The van der Waals surface area contributed by atoms with Crippen molar-refractivity contribution in [2.24, 2.45) is 17.1 Å². The fourth-order valence-electron chi connectivity index (χ4n) is 3.42. The van der Waals surface area contributed by atoms with Crippen LogP contribution >= 0.6 is 0 Å². The van der Waals surface area contributed by atoms with Crippen molar-refractivity contribution in [3.05, 3.63) is 24.3 Å². The van der Waals surface area contributed by atoms with Crippen LogP contribution in [0.1, 0.15) is 46.5 Å². The van der Waals surface area contributed by atoms with Crippen LogP contribution < -0.4 is 15.8 Å². The largest absolute Gasteiger partial charge is 0.497 e. The second kappa shape index (κ2) is 6.27. The van der Waals surface area contributed by atoms with Gasteiger partial charge in [-0.05, 0) is 49.1 Å². The minimum Gasteiger partial charge on any atom is -0.497 e. The molecule has 1 aliphatic carbocycles. The Labute approximate surface area is 129 Å². The molecule has 1 aromatic carbocycles. The molecule has 0 unspecified atom stereocenters. The molecular formula is C18H30N2O. The first-order chi connectivity index (χ1) is 9.88. The van der Waals surface area contributed by atoms with Crippen molar-refractivity contribution in [2.45, 2.75) is 52.0 Å². The average Bonchev–Trinajstić information content (AvgIpc) is 2.47. The number of hydrogen-bond donors (Lipinski definition) is 2. The zero-order valence-corrected chi connectivity index (χ0v) is 13.9. The van der Waals surface area contributed by atoms with Crippen LogP contribution in [0.15, 0.2) is 24.3 Å². The van der Waals surface area contributed by atoms with Gasteiger partial charge in [0.25, 0.3) is 0 Å². The topological polar surface area (TPSA) is 47.3 Å². The van der Waals surface area contributed by atoms with Crippen LogP contribution in [0.4, 0.5) is 5.69 Å². The van der Waals surface area contributed by atoms with Crippen LogP contribution in [0.25, 0.3) is 0 Å². The molecule has 0 amide bonds. The molecule has 118 valence electrons.